The molecule has 1 aliphatic carbocycles. The summed E-state index contributed by atoms with van der Waals surface area (Å²) in [5.74, 6) is 0.958. The standard InChI is InChI=1S/C18H26N2O4/c1-5-20(6-2)18(22)14-10-13(14)17(21)19-11-12-7-8-15(23-3)16(9-12)24-4/h7-9,13-14H,5-6,10-11H2,1-4H3,(H,19,21). The van der Waals surface area contributed by atoms with Crippen molar-refractivity contribution in [3.05, 3.63) is 23.8 Å². The number of hydrogen-bond acceptors (Lipinski definition) is 4. The molecule has 6 heteroatoms. The van der Waals surface area contributed by atoms with E-state index < -0.39 is 0 Å². The van der Waals surface area contributed by atoms with Crippen LogP contribution in [0.1, 0.15) is 25.8 Å². The number of rotatable bonds is 8. The summed E-state index contributed by atoms with van der Waals surface area (Å²) in [7, 11) is 3.16. The van der Waals surface area contributed by atoms with Crippen LogP contribution in [0.3, 0.4) is 0 Å². The van der Waals surface area contributed by atoms with Gasteiger partial charge in [-0.3, -0.25) is 9.59 Å². The van der Waals surface area contributed by atoms with E-state index in [4.69, 9.17) is 9.47 Å². The van der Waals surface area contributed by atoms with Crippen LogP contribution in [0.5, 0.6) is 11.5 Å². The van der Waals surface area contributed by atoms with Crippen LogP contribution in [0.2, 0.25) is 0 Å². The van der Waals surface area contributed by atoms with Gasteiger partial charge < -0.3 is 19.7 Å². The van der Waals surface area contributed by atoms with Gasteiger partial charge in [0.05, 0.1) is 26.1 Å². The second kappa shape index (κ2) is 8.04. The molecule has 0 aromatic heterocycles. The molecule has 2 unspecified atom stereocenters. The Balaban J connectivity index is 1.87. The van der Waals surface area contributed by atoms with Crippen molar-refractivity contribution in [1.82, 2.24) is 10.2 Å². The van der Waals surface area contributed by atoms with Gasteiger partial charge >= 0.3 is 0 Å². The fourth-order valence-electron chi connectivity index (χ4n) is 2.84. The van der Waals surface area contributed by atoms with Gasteiger partial charge in [-0.1, -0.05) is 6.07 Å². The van der Waals surface area contributed by atoms with Crippen molar-refractivity contribution in [2.45, 2.75) is 26.8 Å². The molecule has 0 saturated heterocycles. The summed E-state index contributed by atoms with van der Waals surface area (Å²) in [6, 6.07) is 5.53. The van der Waals surface area contributed by atoms with Crippen LogP contribution in [0, 0.1) is 11.8 Å². The van der Waals surface area contributed by atoms with Gasteiger partial charge in [-0.25, -0.2) is 0 Å². The third-order valence-corrected chi connectivity index (χ3v) is 4.43. The molecule has 0 aliphatic heterocycles. The lowest BCUT2D eigenvalue weighted by molar-refractivity contribution is -0.134. The topological polar surface area (TPSA) is 67.9 Å². The highest BCUT2D eigenvalue weighted by Gasteiger charge is 2.49. The van der Waals surface area contributed by atoms with Crippen molar-refractivity contribution in [2.24, 2.45) is 11.8 Å². The fraction of sp³-hybridized carbons (Fsp3) is 0.556. The average molecular weight is 334 g/mol. The summed E-state index contributed by atoms with van der Waals surface area (Å²) in [6.07, 6.45) is 0.646. The number of hydrogen-bond donors (Lipinski definition) is 1. The van der Waals surface area contributed by atoms with Crippen molar-refractivity contribution in [3.8, 4) is 11.5 Å². The molecule has 1 N–H and O–H groups in total. The lowest BCUT2D eigenvalue weighted by atomic mass is 10.2. The maximum Gasteiger partial charge on any atom is 0.226 e. The molecule has 2 amide bonds. The molecule has 0 heterocycles. The van der Waals surface area contributed by atoms with E-state index in [9.17, 15) is 9.59 Å². The molecule has 132 valence electrons. The molecule has 6 nitrogen and oxygen atoms in total. The summed E-state index contributed by atoms with van der Waals surface area (Å²) >= 11 is 0. The first-order chi connectivity index (χ1) is 11.5. The number of nitrogens with zero attached hydrogens (tertiary/aromatic N) is 1. The quantitative estimate of drug-likeness (QED) is 0.787. The Morgan fingerprint density at radius 1 is 1.12 bits per heavy atom. The molecule has 1 aromatic carbocycles. The van der Waals surface area contributed by atoms with Gasteiger partial charge in [-0.05, 0) is 38.0 Å². The number of amides is 2. The van der Waals surface area contributed by atoms with E-state index in [-0.39, 0.29) is 23.7 Å². The van der Waals surface area contributed by atoms with Gasteiger partial charge in [0.15, 0.2) is 11.5 Å². The number of benzene rings is 1. The first kappa shape index (κ1) is 18.1. The maximum absolute atomic E-state index is 12.2. The Bertz CT molecular complexity index is 599. The van der Waals surface area contributed by atoms with E-state index in [0.717, 1.165) is 5.56 Å². The van der Waals surface area contributed by atoms with E-state index in [1.165, 1.54) is 0 Å². The summed E-state index contributed by atoms with van der Waals surface area (Å²) in [5, 5.41) is 2.90. The zero-order valence-corrected chi connectivity index (χ0v) is 14.8. The zero-order valence-electron chi connectivity index (χ0n) is 14.8. The van der Waals surface area contributed by atoms with E-state index in [0.29, 0.717) is 37.6 Å². The SMILES string of the molecule is CCN(CC)C(=O)C1CC1C(=O)NCc1ccc(OC)c(OC)c1. The van der Waals surface area contributed by atoms with Crippen molar-refractivity contribution in [2.75, 3.05) is 27.3 Å². The Morgan fingerprint density at radius 2 is 1.79 bits per heavy atom. The predicted octanol–water partition coefficient (Wildman–Crippen LogP) is 1.82. The van der Waals surface area contributed by atoms with E-state index >= 15 is 0 Å². The molecule has 2 atom stereocenters. The third-order valence-electron chi connectivity index (χ3n) is 4.43. The number of carbonyl (C=O) groups excluding carboxylic acids is 2. The Kier molecular flexibility index (Phi) is 6.06. The second-order valence-electron chi connectivity index (χ2n) is 5.87. The van der Waals surface area contributed by atoms with Crippen molar-refractivity contribution in [3.63, 3.8) is 0 Å². The Hall–Kier alpha value is -2.24. The molecular formula is C18H26N2O4. The van der Waals surface area contributed by atoms with Gasteiger partial charge in [0.2, 0.25) is 11.8 Å². The number of methoxy groups -OCH3 is 2. The van der Waals surface area contributed by atoms with E-state index in [1.54, 1.807) is 19.1 Å². The first-order valence-corrected chi connectivity index (χ1v) is 8.33. The van der Waals surface area contributed by atoms with Gasteiger partial charge in [0.1, 0.15) is 0 Å². The molecule has 0 radical (unpaired) electrons. The molecule has 1 saturated carbocycles. The lowest BCUT2D eigenvalue weighted by Gasteiger charge is -2.18. The second-order valence-corrected chi connectivity index (χ2v) is 5.87. The van der Waals surface area contributed by atoms with Gasteiger partial charge in [0.25, 0.3) is 0 Å². The molecule has 1 fully saturated rings. The number of nitrogens with one attached hydrogen (secondary N) is 1. The molecule has 24 heavy (non-hydrogen) atoms. The molecule has 2 rings (SSSR count). The highest BCUT2D eigenvalue weighted by Crippen LogP contribution is 2.40. The van der Waals surface area contributed by atoms with Gasteiger partial charge in [0, 0.05) is 19.6 Å². The van der Waals surface area contributed by atoms with Crippen LogP contribution >= 0.6 is 0 Å². The summed E-state index contributed by atoms with van der Waals surface area (Å²) in [6.45, 7) is 5.69. The monoisotopic (exact) mass is 334 g/mol. The lowest BCUT2D eigenvalue weighted by Crippen LogP contribution is -2.34. The van der Waals surface area contributed by atoms with Crippen molar-refractivity contribution >= 4 is 11.8 Å². The predicted molar refractivity (Wildman–Crippen MR) is 90.9 cm³/mol. The molecule has 0 spiro atoms. The van der Waals surface area contributed by atoms with Crippen LogP contribution < -0.4 is 14.8 Å². The van der Waals surface area contributed by atoms with E-state index in [2.05, 4.69) is 5.32 Å². The smallest absolute Gasteiger partial charge is 0.226 e. The van der Waals surface area contributed by atoms with Crippen molar-refractivity contribution in [1.29, 1.82) is 0 Å². The zero-order chi connectivity index (χ0) is 17.7. The van der Waals surface area contributed by atoms with Crippen LogP contribution in [0.15, 0.2) is 18.2 Å². The number of carbonyl (C=O) groups is 2. The molecule has 1 aromatic rings. The maximum atomic E-state index is 12.2. The van der Waals surface area contributed by atoms with Gasteiger partial charge in [-0.2, -0.15) is 0 Å². The minimum Gasteiger partial charge on any atom is -0.493 e. The summed E-state index contributed by atoms with van der Waals surface area (Å²) in [4.78, 5) is 26.2. The van der Waals surface area contributed by atoms with Crippen LogP contribution in [0.25, 0.3) is 0 Å². The number of ether oxygens (including phenoxy) is 2. The first-order valence-electron chi connectivity index (χ1n) is 8.33. The van der Waals surface area contributed by atoms with Crippen LogP contribution in [0.4, 0.5) is 0 Å². The highest BCUT2D eigenvalue weighted by atomic mass is 16.5. The molecule has 0 bridgehead atoms. The van der Waals surface area contributed by atoms with E-state index in [1.807, 2.05) is 32.0 Å². The highest BCUT2D eigenvalue weighted by molar-refractivity contribution is 5.92. The normalized spacial score (nSPS) is 18.7. The Morgan fingerprint density at radius 3 is 2.38 bits per heavy atom. The van der Waals surface area contributed by atoms with Crippen LogP contribution in [-0.2, 0) is 16.1 Å². The minimum absolute atomic E-state index is 0.0599. The molecular weight excluding hydrogens is 308 g/mol. The van der Waals surface area contributed by atoms with Crippen molar-refractivity contribution < 1.29 is 19.1 Å². The molecule has 1 aliphatic rings. The fourth-order valence-corrected chi connectivity index (χ4v) is 2.84. The third kappa shape index (κ3) is 3.99. The summed E-state index contributed by atoms with van der Waals surface area (Å²) in [5.41, 5.74) is 0.924. The average Bonchev–Trinajstić information content (AvgIpc) is 3.41. The minimum atomic E-state index is -0.196. The Labute approximate surface area is 143 Å². The largest absolute Gasteiger partial charge is 0.493 e. The van der Waals surface area contributed by atoms with Gasteiger partial charge in [-0.15, -0.1) is 0 Å². The summed E-state index contributed by atoms with van der Waals surface area (Å²) < 4.78 is 10.4. The van der Waals surface area contributed by atoms with Crippen LogP contribution in [-0.4, -0.2) is 44.0 Å².